The van der Waals surface area contributed by atoms with Crippen LogP contribution in [0.3, 0.4) is 0 Å². The fourth-order valence-electron chi connectivity index (χ4n) is 3.85. The molecular weight excluding hydrogens is 508 g/mol. The number of nitrogens with zero attached hydrogens (tertiary/aromatic N) is 2. The Kier molecular flexibility index (Phi) is 13.6. The van der Waals surface area contributed by atoms with Crippen LogP contribution >= 0.6 is 0 Å². The average molecular weight is 549 g/mol. The first-order valence-corrected chi connectivity index (χ1v) is 13.1. The summed E-state index contributed by atoms with van der Waals surface area (Å²) in [5, 5.41) is 12.8. The van der Waals surface area contributed by atoms with Gasteiger partial charge in [0.2, 0.25) is 11.8 Å². The minimum Gasteiger partial charge on any atom is -0.465 e. The van der Waals surface area contributed by atoms with Gasteiger partial charge in [0.1, 0.15) is 19.2 Å². The van der Waals surface area contributed by atoms with Gasteiger partial charge in [-0.25, -0.2) is 4.79 Å². The maximum absolute atomic E-state index is 13.5. The van der Waals surface area contributed by atoms with Gasteiger partial charge in [-0.15, -0.1) is 0 Å². The molecular formula is C26H40N6O7. The molecule has 0 saturated carbocycles. The molecule has 1 saturated heterocycles. The van der Waals surface area contributed by atoms with E-state index in [4.69, 9.17) is 25.4 Å². The van der Waals surface area contributed by atoms with E-state index in [-0.39, 0.29) is 45.2 Å². The Bertz CT molecular complexity index is 961. The summed E-state index contributed by atoms with van der Waals surface area (Å²) in [5.74, 6) is -1.76. The van der Waals surface area contributed by atoms with E-state index >= 15 is 0 Å². The zero-order valence-electron chi connectivity index (χ0n) is 22.6. The van der Waals surface area contributed by atoms with Gasteiger partial charge < -0.3 is 40.4 Å². The summed E-state index contributed by atoms with van der Waals surface area (Å²) in [4.78, 5) is 54.0. The standard InChI is InChI=1S/C26H40N6O7/c1-3-5-11-31(17-23(34)37-4-2)24(35)21(30-26(36)39-18-19-9-7-6-8-10-19)14-22(33)29-15-20-16-32(25(27)28)12-13-38-20/h6-10,20-21H,3-5,11-18H2,1-2H3,(H3,27,28)(H,29,33)(H,30,36)/t20?,21-/m0/s1. The lowest BCUT2D eigenvalue weighted by atomic mass is 10.1. The predicted octanol–water partition coefficient (Wildman–Crippen LogP) is 0.574. The topological polar surface area (TPSA) is 176 Å². The van der Waals surface area contributed by atoms with Crippen LogP contribution in [0.25, 0.3) is 0 Å². The summed E-state index contributed by atoms with van der Waals surface area (Å²) in [6.45, 7) is 5.01. The predicted molar refractivity (Wildman–Crippen MR) is 143 cm³/mol. The van der Waals surface area contributed by atoms with Gasteiger partial charge in [-0.2, -0.15) is 0 Å². The highest BCUT2D eigenvalue weighted by molar-refractivity contribution is 5.92. The molecule has 0 aromatic heterocycles. The second-order valence-corrected chi connectivity index (χ2v) is 9.01. The van der Waals surface area contributed by atoms with Crippen molar-refractivity contribution in [2.45, 2.75) is 51.9 Å². The highest BCUT2D eigenvalue weighted by atomic mass is 16.5. The third-order valence-corrected chi connectivity index (χ3v) is 5.92. The van der Waals surface area contributed by atoms with E-state index < -0.39 is 36.0 Å². The van der Waals surface area contributed by atoms with Gasteiger partial charge in [-0.3, -0.25) is 19.8 Å². The SMILES string of the molecule is CCCCN(CC(=O)OCC)C(=O)[C@H](CC(=O)NCC1CN(C(=N)N)CCO1)NC(=O)OCc1ccccc1. The first-order valence-electron chi connectivity index (χ1n) is 13.1. The van der Waals surface area contributed by atoms with E-state index in [1.54, 1.807) is 36.1 Å². The first-order chi connectivity index (χ1) is 18.7. The molecule has 2 atom stereocenters. The van der Waals surface area contributed by atoms with Gasteiger partial charge in [0.05, 0.1) is 25.7 Å². The highest BCUT2D eigenvalue weighted by Crippen LogP contribution is 2.08. The quantitative estimate of drug-likeness (QED) is 0.147. The molecule has 1 aliphatic heterocycles. The number of unbranched alkanes of at least 4 members (excludes halogenated alkanes) is 1. The van der Waals surface area contributed by atoms with Crippen LogP contribution in [-0.4, -0.2) is 97.7 Å². The monoisotopic (exact) mass is 548 g/mol. The third kappa shape index (κ3) is 11.6. The molecule has 1 aliphatic rings. The van der Waals surface area contributed by atoms with E-state index in [1.165, 1.54) is 4.90 Å². The zero-order chi connectivity index (χ0) is 28.6. The zero-order valence-corrected chi connectivity index (χ0v) is 22.6. The normalized spacial score (nSPS) is 15.5. The molecule has 216 valence electrons. The lowest BCUT2D eigenvalue weighted by molar-refractivity contribution is -0.149. The third-order valence-electron chi connectivity index (χ3n) is 5.92. The van der Waals surface area contributed by atoms with Crippen LogP contribution in [0.4, 0.5) is 4.79 Å². The summed E-state index contributed by atoms with van der Waals surface area (Å²) in [7, 11) is 0. The largest absolute Gasteiger partial charge is 0.465 e. The van der Waals surface area contributed by atoms with Crippen molar-refractivity contribution < 1.29 is 33.4 Å². The van der Waals surface area contributed by atoms with E-state index in [0.29, 0.717) is 26.1 Å². The average Bonchev–Trinajstić information content (AvgIpc) is 2.93. The Hall–Kier alpha value is -3.87. The minimum absolute atomic E-state index is 0.0200. The van der Waals surface area contributed by atoms with Crippen LogP contribution in [0.2, 0.25) is 0 Å². The number of amides is 3. The molecule has 39 heavy (non-hydrogen) atoms. The van der Waals surface area contributed by atoms with Crippen molar-refractivity contribution in [2.24, 2.45) is 5.73 Å². The number of morpholine rings is 1. The number of benzene rings is 1. The van der Waals surface area contributed by atoms with Crippen LogP contribution in [0.1, 0.15) is 38.7 Å². The van der Waals surface area contributed by atoms with E-state index in [0.717, 1.165) is 12.0 Å². The number of esters is 1. The molecule has 3 amide bonds. The Morgan fingerprint density at radius 3 is 2.62 bits per heavy atom. The van der Waals surface area contributed by atoms with Crippen molar-refractivity contribution in [2.75, 3.05) is 45.9 Å². The molecule has 5 N–H and O–H groups in total. The van der Waals surface area contributed by atoms with E-state index in [1.807, 2.05) is 13.0 Å². The van der Waals surface area contributed by atoms with Crippen molar-refractivity contribution in [3.63, 3.8) is 0 Å². The highest BCUT2D eigenvalue weighted by Gasteiger charge is 2.31. The molecule has 0 spiro atoms. The van der Waals surface area contributed by atoms with Crippen molar-refractivity contribution in [1.29, 1.82) is 5.41 Å². The van der Waals surface area contributed by atoms with Crippen LogP contribution in [0.5, 0.6) is 0 Å². The molecule has 13 heteroatoms. The summed E-state index contributed by atoms with van der Waals surface area (Å²) < 4.78 is 15.9. The number of ether oxygens (including phenoxy) is 3. The van der Waals surface area contributed by atoms with Gasteiger partial charge in [0.15, 0.2) is 5.96 Å². The minimum atomic E-state index is -1.28. The number of rotatable bonds is 14. The Morgan fingerprint density at radius 1 is 1.21 bits per heavy atom. The van der Waals surface area contributed by atoms with Crippen LogP contribution < -0.4 is 16.4 Å². The molecule has 1 unspecified atom stereocenters. The number of carbonyl (C=O) groups is 4. The van der Waals surface area contributed by atoms with Gasteiger partial charge in [0, 0.05) is 26.2 Å². The van der Waals surface area contributed by atoms with Gasteiger partial charge in [-0.05, 0) is 18.9 Å². The van der Waals surface area contributed by atoms with Crippen LogP contribution in [-0.2, 0) is 35.2 Å². The molecule has 13 nitrogen and oxygen atoms in total. The molecule has 1 aromatic carbocycles. The Balaban J connectivity index is 2.07. The fourth-order valence-corrected chi connectivity index (χ4v) is 3.85. The second-order valence-electron chi connectivity index (χ2n) is 9.01. The molecule has 0 aliphatic carbocycles. The van der Waals surface area contributed by atoms with Crippen LogP contribution in [0.15, 0.2) is 30.3 Å². The first kappa shape index (κ1) is 31.3. The van der Waals surface area contributed by atoms with Gasteiger partial charge in [-0.1, -0.05) is 43.7 Å². The smallest absolute Gasteiger partial charge is 0.408 e. The Morgan fingerprint density at radius 2 is 1.95 bits per heavy atom. The Labute approximate surface area is 228 Å². The number of alkyl carbamates (subject to hydrolysis) is 1. The molecule has 2 rings (SSSR count). The summed E-state index contributed by atoms with van der Waals surface area (Å²) in [6.07, 6.45) is -0.260. The summed E-state index contributed by atoms with van der Waals surface area (Å²) in [6, 6.07) is 7.74. The maximum Gasteiger partial charge on any atom is 0.408 e. The van der Waals surface area contributed by atoms with Gasteiger partial charge >= 0.3 is 12.1 Å². The number of nitrogens with one attached hydrogen (secondary N) is 3. The fraction of sp³-hybridized carbons (Fsp3) is 0.577. The number of nitrogens with two attached hydrogens (primary N) is 1. The molecule has 1 fully saturated rings. The maximum atomic E-state index is 13.5. The summed E-state index contributed by atoms with van der Waals surface area (Å²) in [5.41, 5.74) is 6.30. The van der Waals surface area contributed by atoms with Gasteiger partial charge in [0.25, 0.3) is 0 Å². The summed E-state index contributed by atoms with van der Waals surface area (Å²) >= 11 is 0. The molecule has 0 radical (unpaired) electrons. The molecule has 0 bridgehead atoms. The number of carbonyl (C=O) groups excluding carboxylic acids is 4. The molecule has 1 aromatic rings. The van der Waals surface area contributed by atoms with Crippen molar-refractivity contribution in [3.05, 3.63) is 35.9 Å². The lowest BCUT2D eigenvalue weighted by Gasteiger charge is -2.33. The van der Waals surface area contributed by atoms with Crippen molar-refractivity contribution in [3.8, 4) is 0 Å². The number of hydrogen-bond acceptors (Lipinski definition) is 8. The van der Waals surface area contributed by atoms with Crippen LogP contribution in [0, 0.1) is 5.41 Å². The van der Waals surface area contributed by atoms with E-state index in [2.05, 4.69) is 10.6 Å². The van der Waals surface area contributed by atoms with Crippen molar-refractivity contribution >= 4 is 29.8 Å². The van der Waals surface area contributed by atoms with Crippen molar-refractivity contribution in [1.82, 2.24) is 20.4 Å². The number of hydrogen-bond donors (Lipinski definition) is 4. The number of guanidine groups is 1. The lowest BCUT2D eigenvalue weighted by Crippen LogP contribution is -2.53. The molecule has 1 heterocycles. The van der Waals surface area contributed by atoms with E-state index in [9.17, 15) is 19.2 Å². The second kappa shape index (κ2) is 16.9.